The maximum Gasteiger partial charge on any atom is 0.232 e. The van der Waals surface area contributed by atoms with E-state index in [-0.39, 0.29) is 0 Å². The highest BCUT2D eigenvalue weighted by Gasteiger charge is 1.99. The van der Waals surface area contributed by atoms with Crippen LogP contribution < -0.4 is 4.74 Å². The fourth-order valence-electron chi connectivity index (χ4n) is 0.587. The van der Waals surface area contributed by atoms with Crippen molar-refractivity contribution in [2.24, 2.45) is 0 Å². The van der Waals surface area contributed by atoms with Crippen LogP contribution in [0.25, 0.3) is 0 Å². The molecule has 1 rings (SSSR count). The Kier molecular flexibility index (Phi) is 1.86. The molecule has 1 aromatic rings. The average Bonchev–Trinajstić information content (AvgIpc) is 2.04. The minimum Gasteiger partial charge on any atom is -0.480 e. The number of hydrogen-bond donors (Lipinski definition) is 0. The third kappa shape index (κ3) is 1.06. The number of aromatic nitrogens is 1. The van der Waals surface area contributed by atoms with Crippen molar-refractivity contribution >= 4 is 0 Å². The van der Waals surface area contributed by atoms with Crippen molar-refractivity contribution in [3.63, 3.8) is 0 Å². The van der Waals surface area contributed by atoms with E-state index in [0.717, 1.165) is 0 Å². The van der Waals surface area contributed by atoms with Crippen LogP contribution in [0.5, 0.6) is 5.88 Å². The molecular formula is C7H5N2O. The van der Waals surface area contributed by atoms with Crippen LogP contribution in [0.4, 0.5) is 0 Å². The first-order valence-electron chi connectivity index (χ1n) is 2.69. The standard InChI is InChI=1S/C7H5N2O/c1-10-7-6(5-8)3-2-4-9-7/h2,4H,1H3. The van der Waals surface area contributed by atoms with Crippen molar-refractivity contribution in [3.8, 4) is 11.9 Å². The molecule has 0 saturated heterocycles. The average molecular weight is 133 g/mol. The van der Waals surface area contributed by atoms with Crippen LogP contribution >= 0.6 is 0 Å². The molecule has 0 unspecified atom stereocenters. The molecule has 3 heteroatoms. The Hall–Kier alpha value is -1.56. The Morgan fingerprint density at radius 1 is 1.80 bits per heavy atom. The zero-order chi connectivity index (χ0) is 7.40. The van der Waals surface area contributed by atoms with Crippen molar-refractivity contribution in [1.82, 2.24) is 4.98 Å². The number of hydrogen-bond acceptors (Lipinski definition) is 3. The van der Waals surface area contributed by atoms with Crippen LogP contribution in [0, 0.1) is 17.4 Å². The number of nitriles is 1. The zero-order valence-electron chi connectivity index (χ0n) is 5.46. The fraction of sp³-hybridized carbons (Fsp3) is 0.143. The summed E-state index contributed by atoms with van der Waals surface area (Å²) in [6.07, 6.45) is 1.53. The van der Waals surface area contributed by atoms with Crippen LogP contribution in [-0.2, 0) is 0 Å². The van der Waals surface area contributed by atoms with E-state index in [1.165, 1.54) is 13.3 Å². The first-order valence-corrected chi connectivity index (χ1v) is 2.69. The van der Waals surface area contributed by atoms with Crippen LogP contribution in [0.1, 0.15) is 5.56 Å². The number of methoxy groups -OCH3 is 1. The molecule has 0 aliphatic heterocycles. The fourth-order valence-corrected chi connectivity index (χ4v) is 0.587. The molecule has 0 amide bonds. The van der Waals surface area contributed by atoms with Crippen LogP contribution in [-0.4, -0.2) is 12.1 Å². The van der Waals surface area contributed by atoms with Crippen LogP contribution in [0.2, 0.25) is 0 Å². The van der Waals surface area contributed by atoms with Gasteiger partial charge in [-0.25, -0.2) is 4.98 Å². The Morgan fingerprint density at radius 2 is 2.60 bits per heavy atom. The topological polar surface area (TPSA) is 45.9 Å². The van der Waals surface area contributed by atoms with Gasteiger partial charge in [0.1, 0.15) is 11.6 Å². The van der Waals surface area contributed by atoms with Gasteiger partial charge in [0.2, 0.25) is 5.88 Å². The third-order valence-electron chi connectivity index (χ3n) is 1.01. The van der Waals surface area contributed by atoms with Gasteiger partial charge in [-0.3, -0.25) is 0 Å². The minimum absolute atomic E-state index is 0.324. The van der Waals surface area contributed by atoms with Gasteiger partial charge in [-0.05, 0) is 6.07 Å². The van der Waals surface area contributed by atoms with Crippen molar-refractivity contribution in [2.45, 2.75) is 0 Å². The lowest BCUT2D eigenvalue weighted by molar-refractivity contribution is 0.396. The quantitative estimate of drug-likeness (QED) is 0.568. The largest absolute Gasteiger partial charge is 0.480 e. The molecule has 0 spiro atoms. The second-order valence-corrected chi connectivity index (χ2v) is 1.59. The highest BCUT2D eigenvalue weighted by Crippen LogP contribution is 2.09. The molecule has 0 aliphatic carbocycles. The van der Waals surface area contributed by atoms with E-state index in [4.69, 9.17) is 10.00 Å². The smallest absolute Gasteiger partial charge is 0.232 e. The second kappa shape index (κ2) is 2.83. The monoisotopic (exact) mass is 133 g/mol. The summed E-state index contributed by atoms with van der Waals surface area (Å²) >= 11 is 0. The van der Waals surface area contributed by atoms with Crippen molar-refractivity contribution in [3.05, 3.63) is 23.9 Å². The van der Waals surface area contributed by atoms with E-state index in [0.29, 0.717) is 11.4 Å². The molecule has 0 atom stereocenters. The molecule has 0 bridgehead atoms. The van der Waals surface area contributed by atoms with Crippen molar-refractivity contribution in [1.29, 1.82) is 5.26 Å². The summed E-state index contributed by atoms with van der Waals surface area (Å²) in [5.74, 6) is 0.324. The van der Waals surface area contributed by atoms with E-state index in [1.54, 1.807) is 6.07 Å². The highest BCUT2D eigenvalue weighted by atomic mass is 16.5. The van der Waals surface area contributed by atoms with Gasteiger partial charge in [0.15, 0.2) is 0 Å². The number of rotatable bonds is 1. The number of pyridine rings is 1. The summed E-state index contributed by atoms with van der Waals surface area (Å²) in [7, 11) is 1.47. The van der Waals surface area contributed by atoms with Gasteiger partial charge in [0.05, 0.1) is 7.11 Å². The van der Waals surface area contributed by atoms with E-state index < -0.39 is 0 Å². The molecule has 0 fully saturated rings. The molecule has 49 valence electrons. The van der Waals surface area contributed by atoms with E-state index in [2.05, 4.69) is 11.1 Å². The van der Waals surface area contributed by atoms with Gasteiger partial charge >= 0.3 is 0 Å². The molecule has 3 nitrogen and oxygen atoms in total. The number of nitrogens with zero attached hydrogens (tertiary/aromatic N) is 2. The Morgan fingerprint density at radius 3 is 3.10 bits per heavy atom. The lowest BCUT2D eigenvalue weighted by atomic mass is 10.3. The predicted octanol–water partition coefficient (Wildman–Crippen LogP) is 0.762. The second-order valence-electron chi connectivity index (χ2n) is 1.59. The first kappa shape index (κ1) is 6.56. The van der Waals surface area contributed by atoms with E-state index >= 15 is 0 Å². The lowest BCUT2D eigenvalue weighted by Gasteiger charge is -1.96. The molecule has 0 N–H and O–H groups in total. The molecule has 0 aromatic carbocycles. The molecule has 10 heavy (non-hydrogen) atoms. The van der Waals surface area contributed by atoms with E-state index in [9.17, 15) is 0 Å². The van der Waals surface area contributed by atoms with Crippen molar-refractivity contribution < 1.29 is 4.74 Å². The van der Waals surface area contributed by atoms with Crippen LogP contribution in [0.15, 0.2) is 12.3 Å². The predicted molar refractivity (Wildman–Crippen MR) is 34.3 cm³/mol. The van der Waals surface area contributed by atoms with Gasteiger partial charge in [0.25, 0.3) is 0 Å². The maximum absolute atomic E-state index is 8.45. The number of ether oxygens (including phenoxy) is 1. The summed E-state index contributed by atoms with van der Waals surface area (Å²) in [5, 5.41) is 8.45. The van der Waals surface area contributed by atoms with Crippen LogP contribution in [0.3, 0.4) is 0 Å². The van der Waals surface area contributed by atoms with Gasteiger partial charge < -0.3 is 4.74 Å². The summed E-state index contributed by atoms with van der Waals surface area (Å²) < 4.78 is 4.77. The summed E-state index contributed by atoms with van der Waals surface area (Å²) in [4.78, 5) is 3.79. The Bertz CT molecular complexity index is 265. The summed E-state index contributed by atoms with van der Waals surface area (Å²) in [6, 6.07) is 6.16. The normalized spacial score (nSPS) is 8.40. The van der Waals surface area contributed by atoms with Crippen molar-refractivity contribution in [2.75, 3.05) is 7.11 Å². The molecular weight excluding hydrogens is 128 g/mol. The zero-order valence-corrected chi connectivity index (χ0v) is 5.46. The summed E-state index contributed by atoms with van der Waals surface area (Å²) in [6.45, 7) is 0. The third-order valence-corrected chi connectivity index (χ3v) is 1.01. The van der Waals surface area contributed by atoms with Gasteiger partial charge in [0, 0.05) is 12.3 Å². The molecule has 1 aromatic heterocycles. The van der Waals surface area contributed by atoms with Gasteiger partial charge in [-0.1, -0.05) is 0 Å². The first-order chi connectivity index (χ1) is 4.88. The molecule has 0 aliphatic rings. The lowest BCUT2D eigenvalue weighted by Crippen LogP contribution is -1.89. The molecule has 1 radical (unpaired) electrons. The Balaban J connectivity index is 3.12. The van der Waals surface area contributed by atoms with Gasteiger partial charge in [-0.15, -0.1) is 0 Å². The Labute approximate surface area is 58.9 Å². The van der Waals surface area contributed by atoms with E-state index in [1.807, 2.05) is 6.07 Å². The maximum atomic E-state index is 8.45. The molecule has 0 saturated carbocycles. The highest BCUT2D eigenvalue weighted by molar-refractivity contribution is 5.35. The molecule has 1 heterocycles. The van der Waals surface area contributed by atoms with Gasteiger partial charge in [-0.2, -0.15) is 5.26 Å². The minimum atomic E-state index is 0.324. The SMILES string of the molecule is COc1ncc[c]c1C#N. The summed E-state index contributed by atoms with van der Waals surface area (Å²) in [5.41, 5.74) is 0.338.